The number of halogens is 1. The molecule has 0 saturated carbocycles. The van der Waals surface area contributed by atoms with Gasteiger partial charge in [-0.3, -0.25) is 4.79 Å². The average molecular weight is 740 g/mol. The van der Waals surface area contributed by atoms with Gasteiger partial charge in [-0.1, -0.05) is 42.5 Å². The molecule has 6 aromatic rings. The molecule has 0 saturated heterocycles. The summed E-state index contributed by atoms with van der Waals surface area (Å²) in [5, 5.41) is 6.47. The van der Waals surface area contributed by atoms with Crippen LogP contribution in [0.15, 0.2) is 113 Å². The summed E-state index contributed by atoms with van der Waals surface area (Å²) < 4.78 is 26.8. The van der Waals surface area contributed by atoms with E-state index in [0.717, 1.165) is 25.8 Å². The molecule has 2 heterocycles. The molecule has 47 heavy (non-hydrogen) atoms. The standard InChI is InChI=1S/C38H34IN3O5/c1-4-44-36-21-27(20-34(39)37(36)46-23-29-10-7-9-28-8-5-6-11-33(28)29)22-40-41-38(43)35-19-18-32(47-35)24-45-31-16-14-30(15-17-31)42-25(2)12-13-26(42)3/h5-22H,4,23-24H2,1-3H3,(H,41,43)/b40-22+. The van der Waals surface area contributed by atoms with Crippen LogP contribution in [0.4, 0.5) is 0 Å². The topological polar surface area (TPSA) is 87.2 Å². The first kappa shape index (κ1) is 31.9. The number of rotatable bonds is 12. The van der Waals surface area contributed by atoms with Crippen molar-refractivity contribution in [1.82, 2.24) is 9.99 Å². The van der Waals surface area contributed by atoms with Crippen LogP contribution in [0.3, 0.4) is 0 Å². The lowest BCUT2D eigenvalue weighted by molar-refractivity contribution is 0.0923. The molecule has 0 atom stereocenters. The third kappa shape index (κ3) is 7.52. The Morgan fingerprint density at radius 1 is 0.872 bits per heavy atom. The molecule has 238 valence electrons. The zero-order valence-corrected chi connectivity index (χ0v) is 28.5. The minimum absolute atomic E-state index is 0.136. The Bertz CT molecular complexity index is 2020. The second kappa shape index (κ2) is 14.6. The molecule has 0 aliphatic carbocycles. The Labute approximate surface area is 287 Å². The van der Waals surface area contributed by atoms with E-state index in [1.165, 1.54) is 16.8 Å². The summed E-state index contributed by atoms with van der Waals surface area (Å²) in [5.74, 6) is 2.16. The first-order chi connectivity index (χ1) is 22.9. The van der Waals surface area contributed by atoms with Gasteiger partial charge in [0, 0.05) is 17.1 Å². The number of hydrogen-bond acceptors (Lipinski definition) is 6. The highest BCUT2D eigenvalue weighted by molar-refractivity contribution is 14.1. The Hall–Kier alpha value is -5.03. The Morgan fingerprint density at radius 2 is 1.64 bits per heavy atom. The number of furan rings is 1. The molecule has 6 rings (SSSR count). The highest BCUT2D eigenvalue weighted by Crippen LogP contribution is 2.35. The zero-order chi connectivity index (χ0) is 32.8. The molecule has 0 bridgehead atoms. The van der Waals surface area contributed by atoms with Crippen LogP contribution < -0.4 is 19.6 Å². The maximum absolute atomic E-state index is 12.7. The molecule has 9 heteroatoms. The molecule has 0 fully saturated rings. The highest BCUT2D eigenvalue weighted by atomic mass is 127. The number of fused-ring (bicyclic) bond motifs is 1. The Kier molecular flexibility index (Phi) is 9.92. The van der Waals surface area contributed by atoms with E-state index < -0.39 is 5.91 Å². The first-order valence-electron chi connectivity index (χ1n) is 15.3. The van der Waals surface area contributed by atoms with E-state index in [0.29, 0.717) is 36.2 Å². The van der Waals surface area contributed by atoms with E-state index in [1.807, 2.05) is 61.5 Å². The van der Waals surface area contributed by atoms with E-state index in [4.69, 9.17) is 18.6 Å². The van der Waals surface area contributed by atoms with Gasteiger partial charge in [0.1, 0.15) is 24.7 Å². The van der Waals surface area contributed by atoms with Gasteiger partial charge in [-0.15, -0.1) is 0 Å². The molecule has 1 N–H and O–H groups in total. The van der Waals surface area contributed by atoms with Gasteiger partial charge in [0.2, 0.25) is 0 Å². The summed E-state index contributed by atoms with van der Waals surface area (Å²) in [7, 11) is 0. The summed E-state index contributed by atoms with van der Waals surface area (Å²) in [6, 6.07) is 33.6. The number of benzene rings is 4. The van der Waals surface area contributed by atoms with Gasteiger partial charge in [-0.2, -0.15) is 5.10 Å². The van der Waals surface area contributed by atoms with Crippen molar-refractivity contribution in [3.8, 4) is 22.9 Å². The normalized spacial score (nSPS) is 11.2. The third-order valence-electron chi connectivity index (χ3n) is 7.60. The predicted molar refractivity (Wildman–Crippen MR) is 192 cm³/mol. The third-order valence-corrected chi connectivity index (χ3v) is 8.40. The second-order valence-electron chi connectivity index (χ2n) is 10.9. The lowest BCUT2D eigenvalue weighted by Crippen LogP contribution is -2.16. The van der Waals surface area contributed by atoms with Crippen LogP contribution in [0.1, 0.15) is 45.8 Å². The van der Waals surface area contributed by atoms with Crippen molar-refractivity contribution in [1.29, 1.82) is 0 Å². The van der Waals surface area contributed by atoms with E-state index in [9.17, 15) is 4.79 Å². The van der Waals surface area contributed by atoms with Crippen LogP contribution in [0, 0.1) is 17.4 Å². The fourth-order valence-electron chi connectivity index (χ4n) is 5.35. The lowest BCUT2D eigenvalue weighted by Gasteiger charge is -2.15. The van der Waals surface area contributed by atoms with Gasteiger partial charge >= 0.3 is 5.91 Å². The molecule has 0 radical (unpaired) electrons. The number of nitrogens with one attached hydrogen (secondary N) is 1. The number of hydrogen-bond donors (Lipinski definition) is 1. The van der Waals surface area contributed by atoms with Crippen molar-refractivity contribution in [2.75, 3.05) is 6.61 Å². The SMILES string of the molecule is CCOc1cc(/C=N/NC(=O)c2ccc(COc3ccc(-n4c(C)ccc4C)cc3)o2)cc(I)c1OCc1cccc2ccccc12. The molecule has 1 amide bonds. The van der Waals surface area contributed by atoms with E-state index in [1.54, 1.807) is 18.3 Å². The van der Waals surface area contributed by atoms with Gasteiger partial charge in [0.25, 0.3) is 0 Å². The van der Waals surface area contributed by atoms with Crippen molar-refractivity contribution in [3.63, 3.8) is 0 Å². The first-order valence-corrected chi connectivity index (χ1v) is 16.3. The molecule has 0 spiro atoms. The number of hydrazone groups is 1. The molecule has 0 aliphatic heterocycles. The number of amides is 1. The van der Waals surface area contributed by atoms with Crippen LogP contribution in [-0.4, -0.2) is 23.3 Å². The van der Waals surface area contributed by atoms with Crippen LogP contribution in [0.2, 0.25) is 0 Å². The summed E-state index contributed by atoms with van der Waals surface area (Å²) in [6.07, 6.45) is 1.56. The molecule has 4 aromatic carbocycles. The Balaban J connectivity index is 1.05. The highest BCUT2D eigenvalue weighted by Gasteiger charge is 2.14. The quantitative estimate of drug-likeness (QED) is 0.0771. The zero-order valence-electron chi connectivity index (χ0n) is 26.3. The maximum atomic E-state index is 12.7. The summed E-state index contributed by atoms with van der Waals surface area (Å²) in [6.45, 7) is 7.14. The monoisotopic (exact) mass is 739 g/mol. The number of ether oxygens (including phenoxy) is 3. The van der Waals surface area contributed by atoms with Gasteiger partial charge in [0.05, 0.1) is 16.4 Å². The van der Waals surface area contributed by atoms with Crippen molar-refractivity contribution < 1.29 is 23.4 Å². The molecule has 0 unspecified atom stereocenters. The molecule has 8 nitrogen and oxygen atoms in total. The molecular formula is C38H34IN3O5. The van der Waals surface area contributed by atoms with Crippen LogP contribution in [0.25, 0.3) is 16.5 Å². The average Bonchev–Trinajstić information content (AvgIpc) is 3.69. The summed E-state index contributed by atoms with van der Waals surface area (Å²) >= 11 is 2.23. The fourth-order valence-corrected chi connectivity index (χ4v) is 6.13. The minimum Gasteiger partial charge on any atom is -0.490 e. The van der Waals surface area contributed by atoms with Crippen LogP contribution >= 0.6 is 22.6 Å². The van der Waals surface area contributed by atoms with Crippen molar-refractivity contribution in [3.05, 3.63) is 141 Å². The van der Waals surface area contributed by atoms with Gasteiger partial charge in [-0.25, -0.2) is 5.43 Å². The fraction of sp³-hybridized carbons (Fsp3) is 0.158. The van der Waals surface area contributed by atoms with Crippen molar-refractivity contribution in [2.45, 2.75) is 34.0 Å². The van der Waals surface area contributed by atoms with E-state index >= 15 is 0 Å². The largest absolute Gasteiger partial charge is 0.490 e. The van der Waals surface area contributed by atoms with E-state index in [2.05, 4.69) is 87.9 Å². The number of aromatic nitrogens is 1. The second-order valence-corrected chi connectivity index (χ2v) is 12.1. The summed E-state index contributed by atoms with van der Waals surface area (Å²) in [4.78, 5) is 12.7. The minimum atomic E-state index is -0.468. The number of carbonyl (C=O) groups is 1. The van der Waals surface area contributed by atoms with E-state index in [-0.39, 0.29) is 12.4 Å². The Morgan fingerprint density at radius 3 is 2.43 bits per heavy atom. The van der Waals surface area contributed by atoms with Crippen molar-refractivity contribution >= 4 is 45.5 Å². The maximum Gasteiger partial charge on any atom is 0.307 e. The van der Waals surface area contributed by atoms with Gasteiger partial charge in [0.15, 0.2) is 17.3 Å². The molecular weight excluding hydrogens is 705 g/mol. The predicted octanol–water partition coefficient (Wildman–Crippen LogP) is 8.77. The van der Waals surface area contributed by atoms with Gasteiger partial charge < -0.3 is 23.2 Å². The van der Waals surface area contributed by atoms with Crippen molar-refractivity contribution in [2.24, 2.45) is 5.10 Å². The van der Waals surface area contributed by atoms with Gasteiger partial charge in [-0.05, 0) is 126 Å². The summed E-state index contributed by atoms with van der Waals surface area (Å²) in [5.41, 5.74) is 7.78. The number of carbonyl (C=O) groups excluding carboxylic acids is 1. The molecule has 0 aliphatic rings. The van der Waals surface area contributed by atoms with Crippen LogP contribution in [0.5, 0.6) is 17.2 Å². The van der Waals surface area contributed by atoms with Crippen LogP contribution in [-0.2, 0) is 13.2 Å². The smallest absolute Gasteiger partial charge is 0.307 e. The lowest BCUT2D eigenvalue weighted by atomic mass is 10.1. The number of nitrogens with zero attached hydrogens (tertiary/aromatic N) is 2. The molecule has 2 aromatic heterocycles. The number of aryl methyl sites for hydroxylation is 2.